The summed E-state index contributed by atoms with van der Waals surface area (Å²) in [5, 5.41) is 4.84. The Labute approximate surface area is 211 Å². The molecule has 5 aromatic carbocycles. The Hall–Kier alpha value is -4.08. The van der Waals surface area contributed by atoms with Crippen molar-refractivity contribution in [2.75, 3.05) is 31.2 Å². The second-order valence-electron chi connectivity index (χ2n) is 9.54. The number of rotatable bonds is 3. The van der Waals surface area contributed by atoms with E-state index in [-0.39, 0.29) is 0 Å². The molecule has 0 aliphatic carbocycles. The second-order valence-corrected chi connectivity index (χ2v) is 9.54. The molecular formula is C33H27NO2. The molecule has 5 aromatic rings. The highest BCUT2D eigenvalue weighted by Crippen LogP contribution is 2.46. The van der Waals surface area contributed by atoms with Crippen molar-refractivity contribution < 1.29 is 9.47 Å². The Balaban J connectivity index is 1.41. The number of hydrogen-bond acceptors (Lipinski definition) is 3. The van der Waals surface area contributed by atoms with Crippen LogP contribution in [0.1, 0.15) is 16.7 Å². The van der Waals surface area contributed by atoms with E-state index in [1.807, 2.05) is 0 Å². The minimum atomic E-state index is -0.736. The third-order valence-electron chi connectivity index (χ3n) is 7.55. The Morgan fingerprint density at radius 2 is 1.33 bits per heavy atom. The fourth-order valence-corrected chi connectivity index (χ4v) is 5.69. The van der Waals surface area contributed by atoms with Gasteiger partial charge in [-0.2, -0.15) is 0 Å². The van der Waals surface area contributed by atoms with Gasteiger partial charge in [0, 0.05) is 35.5 Å². The third kappa shape index (κ3) is 3.39. The molecule has 1 fully saturated rings. The minimum Gasteiger partial charge on any atom is -0.473 e. The predicted octanol–water partition coefficient (Wildman–Crippen LogP) is 7.18. The lowest BCUT2D eigenvalue weighted by atomic mass is 9.81. The standard InChI is InChI=1S/C33H27NO2/c1-3-9-28-25(7-1)12-17-32-30(28)18-19-33(36-32,31-11-5-8-24-6-2-4-10-29(24)31)26-13-15-27(16-14-26)34-20-22-35-23-21-34/h1-19H,20-23H2. The average Bonchev–Trinajstić information content (AvgIpc) is 2.97. The maximum atomic E-state index is 7.07. The first-order chi connectivity index (χ1) is 17.8. The minimum absolute atomic E-state index is 0.736. The van der Waals surface area contributed by atoms with Crippen molar-refractivity contribution in [2.24, 2.45) is 0 Å². The molecule has 2 heterocycles. The third-order valence-corrected chi connectivity index (χ3v) is 7.55. The van der Waals surface area contributed by atoms with Gasteiger partial charge < -0.3 is 14.4 Å². The lowest BCUT2D eigenvalue weighted by Crippen LogP contribution is -2.37. The number of anilines is 1. The van der Waals surface area contributed by atoms with Gasteiger partial charge in [0.15, 0.2) is 5.60 Å². The fraction of sp³-hybridized carbons (Fsp3) is 0.152. The highest BCUT2D eigenvalue weighted by molar-refractivity contribution is 5.95. The van der Waals surface area contributed by atoms with Crippen LogP contribution in [-0.2, 0) is 10.3 Å². The Bertz CT molecular complexity index is 1590. The van der Waals surface area contributed by atoms with Gasteiger partial charge in [0.2, 0.25) is 0 Å². The summed E-state index contributed by atoms with van der Waals surface area (Å²) >= 11 is 0. The topological polar surface area (TPSA) is 21.7 Å². The van der Waals surface area contributed by atoms with Crippen LogP contribution in [0, 0.1) is 0 Å². The molecule has 1 unspecified atom stereocenters. The Morgan fingerprint density at radius 3 is 2.14 bits per heavy atom. The molecule has 7 rings (SSSR count). The molecular weight excluding hydrogens is 442 g/mol. The van der Waals surface area contributed by atoms with Crippen LogP contribution in [0.15, 0.2) is 109 Å². The molecule has 2 aliphatic rings. The van der Waals surface area contributed by atoms with E-state index in [4.69, 9.17) is 9.47 Å². The fourth-order valence-electron chi connectivity index (χ4n) is 5.69. The molecule has 3 heteroatoms. The lowest BCUT2D eigenvalue weighted by Gasteiger charge is -2.37. The smallest absolute Gasteiger partial charge is 0.178 e. The van der Waals surface area contributed by atoms with E-state index in [0.29, 0.717) is 0 Å². The number of ether oxygens (including phenoxy) is 2. The zero-order valence-corrected chi connectivity index (χ0v) is 20.1. The molecule has 176 valence electrons. The van der Waals surface area contributed by atoms with Crippen LogP contribution in [-0.4, -0.2) is 26.3 Å². The number of nitrogens with zero attached hydrogens (tertiary/aromatic N) is 1. The van der Waals surface area contributed by atoms with E-state index in [0.717, 1.165) is 48.7 Å². The van der Waals surface area contributed by atoms with Crippen LogP contribution in [0.3, 0.4) is 0 Å². The van der Waals surface area contributed by atoms with Crippen LogP contribution in [0.5, 0.6) is 5.75 Å². The van der Waals surface area contributed by atoms with Crippen LogP contribution in [0.4, 0.5) is 5.69 Å². The Kier molecular flexibility index (Phi) is 5.04. The molecule has 1 atom stereocenters. The second kappa shape index (κ2) is 8.54. The summed E-state index contributed by atoms with van der Waals surface area (Å²) < 4.78 is 12.6. The van der Waals surface area contributed by atoms with Crippen molar-refractivity contribution in [3.05, 3.63) is 126 Å². The van der Waals surface area contributed by atoms with Crippen LogP contribution in [0.2, 0.25) is 0 Å². The van der Waals surface area contributed by atoms with Gasteiger partial charge in [-0.05, 0) is 51.9 Å². The largest absolute Gasteiger partial charge is 0.473 e. The summed E-state index contributed by atoms with van der Waals surface area (Å²) in [6.45, 7) is 3.39. The molecule has 1 saturated heterocycles. The summed E-state index contributed by atoms with van der Waals surface area (Å²) in [6, 6.07) is 36.7. The van der Waals surface area contributed by atoms with Crippen LogP contribution < -0.4 is 9.64 Å². The van der Waals surface area contributed by atoms with E-state index < -0.39 is 5.60 Å². The summed E-state index contributed by atoms with van der Waals surface area (Å²) in [5.74, 6) is 0.904. The summed E-state index contributed by atoms with van der Waals surface area (Å²) in [5.41, 5.74) is 3.88. The first-order valence-electron chi connectivity index (χ1n) is 12.6. The van der Waals surface area contributed by atoms with Gasteiger partial charge in [0.05, 0.1) is 13.2 Å². The SMILES string of the molecule is C1=CC(c2ccc(N3CCOCC3)cc2)(c2cccc3ccccc23)Oc2ccc3ccccc3c21. The van der Waals surface area contributed by atoms with Gasteiger partial charge in [-0.25, -0.2) is 0 Å². The van der Waals surface area contributed by atoms with Gasteiger partial charge in [0.1, 0.15) is 5.75 Å². The quantitative estimate of drug-likeness (QED) is 0.279. The van der Waals surface area contributed by atoms with Crippen LogP contribution >= 0.6 is 0 Å². The number of morpholine rings is 1. The van der Waals surface area contributed by atoms with E-state index in [9.17, 15) is 0 Å². The van der Waals surface area contributed by atoms with Gasteiger partial charge in [-0.1, -0.05) is 84.9 Å². The predicted molar refractivity (Wildman–Crippen MR) is 148 cm³/mol. The van der Waals surface area contributed by atoms with Crippen molar-refractivity contribution in [2.45, 2.75) is 5.60 Å². The molecule has 3 nitrogen and oxygen atoms in total. The highest BCUT2D eigenvalue weighted by Gasteiger charge is 2.38. The van der Waals surface area contributed by atoms with Gasteiger partial charge in [-0.15, -0.1) is 0 Å². The highest BCUT2D eigenvalue weighted by atomic mass is 16.5. The first kappa shape index (κ1) is 21.2. The molecule has 0 saturated carbocycles. The molecule has 0 amide bonds. The van der Waals surface area contributed by atoms with E-state index in [1.165, 1.54) is 27.2 Å². The van der Waals surface area contributed by atoms with E-state index >= 15 is 0 Å². The summed E-state index contributed by atoms with van der Waals surface area (Å²) in [4.78, 5) is 2.39. The van der Waals surface area contributed by atoms with Crippen molar-refractivity contribution in [3.8, 4) is 5.75 Å². The van der Waals surface area contributed by atoms with Crippen molar-refractivity contribution in [3.63, 3.8) is 0 Å². The Morgan fingerprint density at radius 1 is 0.639 bits per heavy atom. The van der Waals surface area contributed by atoms with Gasteiger partial charge in [0.25, 0.3) is 0 Å². The van der Waals surface area contributed by atoms with E-state index in [1.54, 1.807) is 0 Å². The van der Waals surface area contributed by atoms with Crippen molar-refractivity contribution in [1.82, 2.24) is 0 Å². The van der Waals surface area contributed by atoms with Crippen LogP contribution in [0.25, 0.3) is 27.6 Å². The molecule has 36 heavy (non-hydrogen) atoms. The average molecular weight is 470 g/mol. The molecule has 0 bridgehead atoms. The summed E-state index contributed by atoms with van der Waals surface area (Å²) in [7, 11) is 0. The number of hydrogen-bond donors (Lipinski definition) is 0. The zero-order valence-electron chi connectivity index (χ0n) is 20.1. The number of fused-ring (bicyclic) bond motifs is 4. The molecule has 0 aromatic heterocycles. The maximum Gasteiger partial charge on any atom is 0.178 e. The molecule has 2 aliphatic heterocycles. The van der Waals surface area contributed by atoms with E-state index in [2.05, 4.69) is 120 Å². The zero-order chi connectivity index (χ0) is 24.0. The lowest BCUT2D eigenvalue weighted by molar-refractivity contribution is 0.122. The first-order valence-corrected chi connectivity index (χ1v) is 12.6. The molecule has 0 N–H and O–H groups in total. The monoisotopic (exact) mass is 469 g/mol. The van der Waals surface area contributed by atoms with Crippen molar-refractivity contribution >= 4 is 33.3 Å². The molecule has 0 radical (unpaired) electrons. The molecule has 0 spiro atoms. The van der Waals surface area contributed by atoms with Gasteiger partial charge >= 0.3 is 0 Å². The number of benzene rings is 5. The van der Waals surface area contributed by atoms with Gasteiger partial charge in [-0.3, -0.25) is 0 Å². The summed E-state index contributed by atoms with van der Waals surface area (Å²) in [6.07, 6.45) is 4.49. The van der Waals surface area contributed by atoms with Crippen molar-refractivity contribution in [1.29, 1.82) is 0 Å². The normalized spacial score (nSPS) is 19.3. The maximum absolute atomic E-state index is 7.07.